The lowest BCUT2D eigenvalue weighted by atomic mass is 10.1. The zero-order valence-corrected chi connectivity index (χ0v) is 19.2. The monoisotopic (exact) mass is 520 g/mol. The first-order valence-corrected chi connectivity index (χ1v) is 9.76. The highest BCUT2D eigenvalue weighted by atomic mass is 127. The lowest BCUT2D eigenvalue weighted by Gasteiger charge is -2.37. The molecule has 1 N–H and O–H groups in total. The lowest BCUT2D eigenvalue weighted by Crippen LogP contribution is -2.53. The highest BCUT2D eigenvalue weighted by Crippen LogP contribution is 2.21. The summed E-state index contributed by atoms with van der Waals surface area (Å²) < 4.78 is 0. The molecule has 1 fully saturated rings. The Labute approximate surface area is 193 Å². The Bertz CT molecular complexity index is 893. The second-order valence-corrected chi connectivity index (χ2v) is 6.94. The number of pyridine rings is 1. The Morgan fingerprint density at radius 3 is 2.20 bits per heavy atom. The van der Waals surface area contributed by atoms with E-state index >= 15 is 0 Å². The van der Waals surface area contributed by atoms with Crippen molar-refractivity contribution >= 4 is 47.6 Å². The molecular weight excluding hydrogens is 495 g/mol. The van der Waals surface area contributed by atoms with Gasteiger partial charge in [0.25, 0.3) is 11.8 Å². The van der Waals surface area contributed by atoms with Gasteiger partial charge in [0.2, 0.25) is 0 Å². The number of aliphatic imine (C=N–C) groups is 1. The van der Waals surface area contributed by atoms with E-state index in [0.717, 1.165) is 38.0 Å². The minimum atomic E-state index is -0.230. The highest BCUT2D eigenvalue weighted by molar-refractivity contribution is 14.0. The van der Waals surface area contributed by atoms with Gasteiger partial charge in [-0.3, -0.25) is 19.5 Å². The van der Waals surface area contributed by atoms with E-state index in [4.69, 9.17) is 0 Å². The molecule has 2 aliphatic heterocycles. The number of benzene rings is 1. The summed E-state index contributed by atoms with van der Waals surface area (Å²) in [6.45, 7) is 4.12. The number of amides is 2. The van der Waals surface area contributed by atoms with Crippen LogP contribution in [0.4, 0.5) is 5.82 Å². The molecule has 2 aromatic rings. The van der Waals surface area contributed by atoms with Crippen molar-refractivity contribution in [1.82, 2.24) is 20.1 Å². The van der Waals surface area contributed by atoms with Gasteiger partial charge in [0.05, 0.1) is 11.1 Å². The normalized spacial score (nSPS) is 16.4. The van der Waals surface area contributed by atoms with Gasteiger partial charge in [-0.1, -0.05) is 18.2 Å². The Balaban J connectivity index is 0.00000256. The lowest BCUT2D eigenvalue weighted by molar-refractivity contribution is 0.0657. The standard InChI is InChI=1S/C21H24N6O2.HI/c1-22-21(26-14-12-25(13-15-26)18-8-4-5-9-23-18)24-10-11-27-19(28)16-6-2-3-7-17(16)20(27)29;/h2-9H,10-15H2,1H3,(H,22,24);1H. The van der Waals surface area contributed by atoms with E-state index in [-0.39, 0.29) is 35.8 Å². The highest BCUT2D eigenvalue weighted by Gasteiger charge is 2.34. The Kier molecular flexibility index (Phi) is 7.24. The molecule has 0 aliphatic carbocycles. The van der Waals surface area contributed by atoms with Crippen molar-refractivity contribution in [2.75, 3.05) is 51.2 Å². The minimum Gasteiger partial charge on any atom is -0.354 e. The van der Waals surface area contributed by atoms with Crippen LogP contribution in [-0.2, 0) is 0 Å². The summed E-state index contributed by atoms with van der Waals surface area (Å²) in [7, 11) is 1.75. The predicted octanol–water partition coefficient (Wildman–Crippen LogP) is 1.69. The summed E-state index contributed by atoms with van der Waals surface area (Å²) in [5, 5.41) is 3.28. The quantitative estimate of drug-likeness (QED) is 0.286. The number of hydrogen-bond acceptors (Lipinski definition) is 5. The summed E-state index contributed by atoms with van der Waals surface area (Å²) in [5.41, 5.74) is 0.958. The molecular formula is C21H25IN6O2. The number of aromatic nitrogens is 1. The minimum absolute atomic E-state index is 0. The molecule has 8 nitrogen and oxygen atoms in total. The number of hydrogen-bond donors (Lipinski definition) is 1. The van der Waals surface area contributed by atoms with Gasteiger partial charge in [-0.15, -0.1) is 24.0 Å². The van der Waals surface area contributed by atoms with E-state index in [1.165, 1.54) is 4.90 Å². The molecule has 0 saturated carbocycles. The van der Waals surface area contributed by atoms with Crippen LogP contribution >= 0.6 is 24.0 Å². The number of carbonyl (C=O) groups excluding carboxylic acids is 2. The van der Waals surface area contributed by atoms with Crippen molar-refractivity contribution in [1.29, 1.82) is 0 Å². The van der Waals surface area contributed by atoms with Crippen LogP contribution in [0.5, 0.6) is 0 Å². The van der Waals surface area contributed by atoms with Crippen LogP contribution in [-0.4, -0.2) is 78.9 Å². The van der Waals surface area contributed by atoms with E-state index < -0.39 is 0 Å². The first-order chi connectivity index (χ1) is 14.2. The molecule has 0 atom stereocenters. The third kappa shape index (κ3) is 4.40. The summed E-state index contributed by atoms with van der Waals surface area (Å²) in [5.74, 6) is 1.31. The molecule has 0 bridgehead atoms. The number of anilines is 1. The molecule has 0 radical (unpaired) electrons. The Hall–Kier alpha value is -2.69. The average molecular weight is 520 g/mol. The largest absolute Gasteiger partial charge is 0.354 e. The topological polar surface area (TPSA) is 81.1 Å². The van der Waals surface area contributed by atoms with Crippen LogP contribution in [0.25, 0.3) is 0 Å². The van der Waals surface area contributed by atoms with E-state index in [1.54, 1.807) is 37.5 Å². The van der Waals surface area contributed by atoms with Gasteiger partial charge >= 0.3 is 0 Å². The number of nitrogens with zero attached hydrogens (tertiary/aromatic N) is 5. The van der Waals surface area contributed by atoms with Gasteiger partial charge in [0, 0.05) is 52.5 Å². The molecule has 9 heteroatoms. The maximum absolute atomic E-state index is 12.5. The molecule has 1 aromatic heterocycles. The zero-order chi connectivity index (χ0) is 20.2. The van der Waals surface area contributed by atoms with Gasteiger partial charge in [-0.2, -0.15) is 0 Å². The second-order valence-electron chi connectivity index (χ2n) is 6.94. The number of piperazine rings is 1. The number of fused-ring (bicyclic) bond motifs is 1. The van der Waals surface area contributed by atoms with Gasteiger partial charge in [0.15, 0.2) is 5.96 Å². The van der Waals surface area contributed by atoms with Crippen LogP contribution < -0.4 is 10.2 Å². The number of rotatable bonds is 4. The predicted molar refractivity (Wildman–Crippen MR) is 127 cm³/mol. The maximum atomic E-state index is 12.5. The molecule has 4 rings (SSSR count). The molecule has 1 aromatic carbocycles. The van der Waals surface area contributed by atoms with Crippen molar-refractivity contribution in [3.63, 3.8) is 0 Å². The van der Waals surface area contributed by atoms with E-state index in [1.807, 2.05) is 18.2 Å². The zero-order valence-electron chi connectivity index (χ0n) is 16.8. The fourth-order valence-corrected chi connectivity index (χ4v) is 3.74. The summed E-state index contributed by atoms with van der Waals surface area (Å²) in [4.78, 5) is 39.4. The fourth-order valence-electron chi connectivity index (χ4n) is 3.74. The van der Waals surface area contributed by atoms with Crippen LogP contribution in [0.15, 0.2) is 53.7 Å². The molecule has 158 valence electrons. The molecule has 2 aliphatic rings. The SMILES string of the molecule is CN=C(NCCN1C(=O)c2ccccc2C1=O)N1CCN(c2ccccn2)CC1.I. The van der Waals surface area contributed by atoms with Gasteiger partial charge < -0.3 is 15.1 Å². The van der Waals surface area contributed by atoms with Crippen molar-refractivity contribution in [2.45, 2.75) is 0 Å². The third-order valence-corrected chi connectivity index (χ3v) is 5.26. The first-order valence-electron chi connectivity index (χ1n) is 9.76. The second kappa shape index (κ2) is 9.88. The first kappa shape index (κ1) is 22.0. The number of halogens is 1. The molecule has 30 heavy (non-hydrogen) atoms. The van der Waals surface area contributed by atoms with Crippen molar-refractivity contribution in [3.8, 4) is 0 Å². The van der Waals surface area contributed by atoms with Gasteiger partial charge in [-0.05, 0) is 24.3 Å². The van der Waals surface area contributed by atoms with Crippen molar-refractivity contribution in [3.05, 3.63) is 59.8 Å². The van der Waals surface area contributed by atoms with Crippen LogP contribution in [0.1, 0.15) is 20.7 Å². The smallest absolute Gasteiger partial charge is 0.261 e. The van der Waals surface area contributed by atoms with Crippen LogP contribution in [0.2, 0.25) is 0 Å². The summed E-state index contributed by atoms with van der Waals surface area (Å²) in [6, 6.07) is 12.9. The van der Waals surface area contributed by atoms with E-state index in [0.29, 0.717) is 24.2 Å². The number of guanidine groups is 1. The van der Waals surface area contributed by atoms with Crippen molar-refractivity contribution < 1.29 is 9.59 Å². The number of imide groups is 1. The Morgan fingerprint density at radius 1 is 1.00 bits per heavy atom. The molecule has 2 amide bonds. The van der Waals surface area contributed by atoms with Gasteiger partial charge in [-0.25, -0.2) is 4.98 Å². The fraction of sp³-hybridized carbons (Fsp3) is 0.333. The van der Waals surface area contributed by atoms with Crippen molar-refractivity contribution in [2.24, 2.45) is 4.99 Å². The number of nitrogens with one attached hydrogen (secondary N) is 1. The molecule has 1 saturated heterocycles. The summed E-state index contributed by atoms with van der Waals surface area (Å²) in [6.07, 6.45) is 1.81. The van der Waals surface area contributed by atoms with Crippen LogP contribution in [0, 0.1) is 0 Å². The van der Waals surface area contributed by atoms with Gasteiger partial charge in [0.1, 0.15) is 5.82 Å². The number of carbonyl (C=O) groups is 2. The van der Waals surface area contributed by atoms with E-state index in [9.17, 15) is 9.59 Å². The average Bonchev–Trinajstić information content (AvgIpc) is 3.02. The van der Waals surface area contributed by atoms with E-state index in [2.05, 4.69) is 25.1 Å². The third-order valence-electron chi connectivity index (χ3n) is 5.26. The molecule has 0 spiro atoms. The maximum Gasteiger partial charge on any atom is 0.261 e. The molecule has 0 unspecified atom stereocenters. The summed E-state index contributed by atoms with van der Waals surface area (Å²) >= 11 is 0. The Morgan fingerprint density at radius 2 is 1.63 bits per heavy atom. The van der Waals surface area contributed by atoms with Crippen LogP contribution in [0.3, 0.4) is 0 Å². The molecule has 3 heterocycles.